The summed E-state index contributed by atoms with van der Waals surface area (Å²) in [5, 5.41) is 10.4. The van der Waals surface area contributed by atoms with Crippen molar-refractivity contribution in [3.05, 3.63) is 83.0 Å². The highest BCUT2D eigenvalue weighted by Crippen LogP contribution is 2.22. The van der Waals surface area contributed by atoms with Gasteiger partial charge < -0.3 is 13.9 Å². The number of hydrogen-bond donors (Lipinski definition) is 1. The number of nitrogens with zero attached hydrogens (tertiary/aromatic N) is 3. The van der Waals surface area contributed by atoms with Crippen molar-refractivity contribution in [2.45, 2.75) is 19.8 Å². The zero-order chi connectivity index (χ0) is 21.6. The van der Waals surface area contributed by atoms with Gasteiger partial charge in [-0.3, -0.25) is 0 Å². The highest BCUT2D eigenvalue weighted by atomic mass is 16.5. The summed E-state index contributed by atoms with van der Waals surface area (Å²) in [6.07, 6.45) is 1.06. The van der Waals surface area contributed by atoms with Gasteiger partial charge in [-0.15, -0.1) is 5.10 Å². The molecule has 0 aliphatic rings. The van der Waals surface area contributed by atoms with Crippen LogP contribution in [0.25, 0.3) is 11.5 Å². The second-order valence-corrected chi connectivity index (χ2v) is 6.92. The third-order valence-electron chi connectivity index (χ3n) is 4.79. The van der Waals surface area contributed by atoms with Crippen molar-refractivity contribution in [1.29, 1.82) is 0 Å². The summed E-state index contributed by atoms with van der Waals surface area (Å²) in [6.45, 7) is 2.37. The molecular formula is C23H22N4O4. The molecule has 2 aromatic carbocycles. The van der Waals surface area contributed by atoms with Gasteiger partial charge in [-0.1, -0.05) is 30.3 Å². The van der Waals surface area contributed by atoms with Crippen LogP contribution >= 0.6 is 0 Å². The van der Waals surface area contributed by atoms with Gasteiger partial charge in [0.2, 0.25) is 5.89 Å². The molecule has 158 valence electrons. The van der Waals surface area contributed by atoms with Crippen LogP contribution in [0.4, 0.5) is 0 Å². The van der Waals surface area contributed by atoms with E-state index in [4.69, 9.17) is 13.9 Å². The predicted molar refractivity (Wildman–Crippen MR) is 113 cm³/mol. The van der Waals surface area contributed by atoms with Crippen molar-refractivity contribution in [3.63, 3.8) is 0 Å². The number of oxazole rings is 1. The van der Waals surface area contributed by atoms with E-state index >= 15 is 0 Å². The Morgan fingerprint density at radius 1 is 1.06 bits per heavy atom. The Morgan fingerprint density at radius 3 is 2.71 bits per heavy atom. The summed E-state index contributed by atoms with van der Waals surface area (Å²) < 4.78 is 16.5. The number of esters is 1. The Kier molecular flexibility index (Phi) is 6.07. The van der Waals surface area contributed by atoms with E-state index in [0.717, 1.165) is 28.3 Å². The predicted octanol–water partition coefficient (Wildman–Crippen LogP) is 3.77. The molecular weight excluding hydrogens is 396 g/mol. The molecule has 0 aliphatic carbocycles. The number of rotatable bonds is 8. The first kappa shape index (κ1) is 20.3. The number of carbonyl (C=O) groups excluding carboxylic acids is 1. The molecule has 31 heavy (non-hydrogen) atoms. The van der Waals surface area contributed by atoms with E-state index in [1.54, 1.807) is 0 Å². The van der Waals surface area contributed by atoms with E-state index < -0.39 is 5.97 Å². The van der Waals surface area contributed by atoms with Gasteiger partial charge in [-0.05, 0) is 36.8 Å². The highest BCUT2D eigenvalue weighted by molar-refractivity contribution is 5.88. The number of aryl methyl sites for hydroxylation is 1. The number of benzene rings is 2. The first-order valence-corrected chi connectivity index (χ1v) is 9.85. The summed E-state index contributed by atoms with van der Waals surface area (Å²) in [4.78, 5) is 16.4. The van der Waals surface area contributed by atoms with Crippen molar-refractivity contribution in [2.75, 3.05) is 13.7 Å². The maximum atomic E-state index is 11.8. The maximum absolute atomic E-state index is 11.8. The van der Waals surface area contributed by atoms with E-state index in [1.165, 1.54) is 7.11 Å². The Bertz CT molecular complexity index is 1170. The number of aromatic amines is 1. The molecule has 0 radical (unpaired) electrons. The number of aromatic nitrogens is 4. The molecule has 0 saturated carbocycles. The van der Waals surface area contributed by atoms with Crippen LogP contribution in [-0.4, -0.2) is 40.1 Å². The minimum absolute atomic E-state index is 0.185. The largest absolute Gasteiger partial charge is 0.493 e. The van der Waals surface area contributed by atoms with Gasteiger partial charge in [0.15, 0.2) is 5.69 Å². The zero-order valence-electron chi connectivity index (χ0n) is 17.3. The summed E-state index contributed by atoms with van der Waals surface area (Å²) in [5.74, 6) is 1.61. The fourth-order valence-corrected chi connectivity index (χ4v) is 3.20. The van der Waals surface area contributed by atoms with Crippen LogP contribution < -0.4 is 4.74 Å². The topological polar surface area (TPSA) is 103 Å². The van der Waals surface area contributed by atoms with Crippen LogP contribution in [0, 0.1) is 6.92 Å². The lowest BCUT2D eigenvalue weighted by Gasteiger charge is -2.07. The molecule has 2 heterocycles. The van der Waals surface area contributed by atoms with Crippen LogP contribution in [0.1, 0.15) is 33.2 Å². The van der Waals surface area contributed by atoms with E-state index in [-0.39, 0.29) is 5.69 Å². The zero-order valence-corrected chi connectivity index (χ0v) is 17.3. The Morgan fingerprint density at radius 2 is 1.90 bits per heavy atom. The van der Waals surface area contributed by atoms with E-state index in [2.05, 4.69) is 20.4 Å². The molecule has 0 spiro atoms. The molecule has 0 bridgehead atoms. The summed E-state index contributed by atoms with van der Waals surface area (Å²) in [5.41, 5.74) is 3.48. The van der Waals surface area contributed by atoms with Gasteiger partial charge in [0.05, 0.1) is 19.4 Å². The van der Waals surface area contributed by atoms with Crippen LogP contribution in [0.5, 0.6) is 5.75 Å². The van der Waals surface area contributed by atoms with Crippen LogP contribution in [0.2, 0.25) is 0 Å². The van der Waals surface area contributed by atoms with Crippen molar-refractivity contribution in [2.24, 2.45) is 0 Å². The Balaban J connectivity index is 1.38. The van der Waals surface area contributed by atoms with Crippen molar-refractivity contribution < 1.29 is 18.7 Å². The number of H-pyrrole nitrogens is 1. The average molecular weight is 418 g/mol. The Labute approximate surface area is 179 Å². The van der Waals surface area contributed by atoms with Crippen LogP contribution in [0.15, 0.2) is 59.0 Å². The number of ether oxygens (including phenoxy) is 2. The van der Waals surface area contributed by atoms with Crippen molar-refractivity contribution in [3.8, 4) is 17.2 Å². The van der Waals surface area contributed by atoms with Gasteiger partial charge in [-0.2, -0.15) is 10.3 Å². The molecule has 4 rings (SSSR count). The van der Waals surface area contributed by atoms with Crippen LogP contribution in [-0.2, 0) is 17.6 Å². The molecule has 0 saturated heterocycles. The Hall–Kier alpha value is -3.94. The lowest BCUT2D eigenvalue weighted by molar-refractivity contribution is 0.0593. The number of hydrogen-bond acceptors (Lipinski definition) is 7. The van der Waals surface area contributed by atoms with Gasteiger partial charge >= 0.3 is 5.97 Å². The minimum atomic E-state index is -0.519. The van der Waals surface area contributed by atoms with E-state index in [9.17, 15) is 4.79 Å². The SMILES string of the molecule is COC(=O)c1n[nH]nc1Cc1cccc(OCCc2nc(-c3ccccc3)oc2C)c1. The molecule has 0 unspecified atom stereocenters. The summed E-state index contributed by atoms with van der Waals surface area (Å²) >= 11 is 0. The number of methoxy groups -OCH3 is 1. The fourth-order valence-electron chi connectivity index (χ4n) is 3.20. The maximum Gasteiger partial charge on any atom is 0.360 e. The van der Waals surface area contributed by atoms with Gasteiger partial charge in [0.1, 0.15) is 17.2 Å². The third-order valence-corrected chi connectivity index (χ3v) is 4.79. The molecule has 0 fully saturated rings. The van der Waals surface area contributed by atoms with Gasteiger partial charge in [0, 0.05) is 18.4 Å². The minimum Gasteiger partial charge on any atom is -0.493 e. The second-order valence-electron chi connectivity index (χ2n) is 6.92. The lowest BCUT2D eigenvalue weighted by atomic mass is 10.1. The number of carbonyl (C=O) groups is 1. The smallest absolute Gasteiger partial charge is 0.360 e. The summed E-state index contributed by atoms with van der Waals surface area (Å²) in [6, 6.07) is 17.5. The normalized spacial score (nSPS) is 10.8. The molecule has 0 amide bonds. The second kappa shape index (κ2) is 9.25. The molecule has 0 atom stereocenters. The van der Waals surface area contributed by atoms with Crippen molar-refractivity contribution >= 4 is 5.97 Å². The molecule has 8 heteroatoms. The average Bonchev–Trinajstić information content (AvgIpc) is 3.41. The van der Waals surface area contributed by atoms with Gasteiger partial charge in [0.25, 0.3) is 0 Å². The quantitative estimate of drug-likeness (QED) is 0.435. The number of nitrogens with one attached hydrogen (secondary N) is 1. The van der Waals surface area contributed by atoms with Crippen molar-refractivity contribution in [1.82, 2.24) is 20.4 Å². The molecule has 2 aromatic heterocycles. The lowest BCUT2D eigenvalue weighted by Crippen LogP contribution is -2.06. The molecule has 1 N–H and O–H groups in total. The monoisotopic (exact) mass is 418 g/mol. The first-order chi connectivity index (χ1) is 15.1. The molecule has 0 aliphatic heterocycles. The third kappa shape index (κ3) is 4.80. The van der Waals surface area contributed by atoms with Crippen LogP contribution in [0.3, 0.4) is 0 Å². The fraction of sp³-hybridized carbons (Fsp3) is 0.217. The van der Waals surface area contributed by atoms with E-state index in [0.29, 0.717) is 31.0 Å². The highest BCUT2D eigenvalue weighted by Gasteiger charge is 2.17. The molecule has 8 nitrogen and oxygen atoms in total. The van der Waals surface area contributed by atoms with Gasteiger partial charge in [-0.25, -0.2) is 9.78 Å². The van der Waals surface area contributed by atoms with E-state index in [1.807, 2.05) is 61.5 Å². The molecule has 4 aromatic rings. The summed E-state index contributed by atoms with van der Waals surface area (Å²) in [7, 11) is 1.31. The standard InChI is InChI=1S/C23H22N4O4/c1-15-19(24-22(31-15)17-8-4-3-5-9-17)11-12-30-18-10-6-7-16(13-18)14-20-21(23(28)29-2)26-27-25-20/h3-10,13H,11-12,14H2,1-2H3,(H,25,26,27). The first-order valence-electron chi connectivity index (χ1n) is 9.85.